The van der Waals surface area contributed by atoms with Gasteiger partial charge in [0.1, 0.15) is 0 Å². The van der Waals surface area contributed by atoms with E-state index < -0.39 is 0 Å². The second kappa shape index (κ2) is 8.06. The Morgan fingerprint density at radius 2 is 2.00 bits per heavy atom. The van der Waals surface area contributed by atoms with Crippen LogP contribution in [0.4, 0.5) is 0 Å². The topological polar surface area (TPSA) is 15.3 Å². The molecule has 0 bridgehead atoms. The monoisotopic (exact) mass is 292 g/mol. The van der Waals surface area contributed by atoms with Crippen molar-refractivity contribution < 1.29 is 0 Å². The predicted molar refractivity (Wildman–Crippen MR) is 89.6 cm³/mol. The molecule has 0 amide bonds. The molecule has 0 radical (unpaired) electrons. The Kier molecular flexibility index (Phi) is 6.40. The van der Waals surface area contributed by atoms with Gasteiger partial charge in [0.2, 0.25) is 0 Å². The SMILES string of the molecule is CCN(CC)CCSc1ccc(CNC2CC2)cc1C. The summed E-state index contributed by atoms with van der Waals surface area (Å²) in [5.74, 6) is 1.18. The van der Waals surface area contributed by atoms with Crippen LogP contribution in [-0.4, -0.2) is 36.3 Å². The molecule has 0 unspecified atom stereocenters. The molecule has 2 nitrogen and oxygen atoms in total. The van der Waals surface area contributed by atoms with Crippen molar-refractivity contribution in [1.82, 2.24) is 10.2 Å². The third kappa shape index (κ3) is 5.12. The summed E-state index contributed by atoms with van der Waals surface area (Å²) in [6.45, 7) is 11.2. The third-order valence-corrected chi connectivity index (χ3v) is 5.13. The summed E-state index contributed by atoms with van der Waals surface area (Å²) in [5.41, 5.74) is 2.84. The summed E-state index contributed by atoms with van der Waals surface area (Å²) in [6.07, 6.45) is 2.72. The van der Waals surface area contributed by atoms with Gasteiger partial charge in [-0.3, -0.25) is 0 Å². The van der Waals surface area contributed by atoms with Crippen LogP contribution in [0.1, 0.15) is 37.8 Å². The van der Waals surface area contributed by atoms with Gasteiger partial charge in [0.15, 0.2) is 0 Å². The average Bonchev–Trinajstić information content (AvgIpc) is 3.27. The van der Waals surface area contributed by atoms with Crippen molar-refractivity contribution in [3.8, 4) is 0 Å². The fourth-order valence-corrected chi connectivity index (χ4v) is 3.38. The average molecular weight is 292 g/mol. The molecule has 1 aliphatic rings. The highest BCUT2D eigenvalue weighted by Crippen LogP contribution is 2.24. The van der Waals surface area contributed by atoms with Crippen LogP contribution in [0.5, 0.6) is 0 Å². The van der Waals surface area contributed by atoms with Gasteiger partial charge in [0.05, 0.1) is 0 Å². The summed E-state index contributed by atoms with van der Waals surface area (Å²) in [4.78, 5) is 3.92. The van der Waals surface area contributed by atoms with Crippen LogP contribution in [0.15, 0.2) is 23.1 Å². The number of nitrogens with zero attached hydrogens (tertiary/aromatic N) is 1. The Labute approximate surface area is 128 Å². The number of thioether (sulfide) groups is 1. The maximum absolute atomic E-state index is 3.58. The fourth-order valence-electron chi connectivity index (χ4n) is 2.36. The van der Waals surface area contributed by atoms with Crippen LogP contribution < -0.4 is 5.32 Å². The van der Waals surface area contributed by atoms with Gasteiger partial charge < -0.3 is 10.2 Å². The Morgan fingerprint density at radius 3 is 2.60 bits per heavy atom. The zero-order valence-corrected chi connectivity index (χ0v) is 13.9. The molecule has 1 fully saturated rings. The summed E-state index contributed by atoms with van der Waals surface area (Å²) in [6, 6.07) is 7.71. The van der Waals surface area contributed by atoms with Gasteiger partial charge in [-0.1, -0.05) is 26.0 Å². The molecule has 0 aromatic heterocycles. The summed E-state index contributed by atoms with van der Waals surface area (Å²) < 4.78 is 0. The van der Waals surface area contributed by atoms with Gasteiger partial charge in [0, 0.05) is 29.8 Å². The van der Waals surface area contributed by atoms with E-state index in [2.05, 4.69) is 49.2 Å². The van der Waals surface area contributed by atoms with Crippen LogP contribution in [0.2, 0.25) is 0 Å². The highest BCUT2D eigenvalue weighted by atomic mass is 32.2. The number of rotatable bonds is 9. The molecule has 1 N–H and O–H groups in total. The molecule has 3 heteroatoms. The highest BCUT2D eigenvalue weighted by Gasteiger charge is 2.19. The molecule has 1 saturated carbocycles. The minimum absolute atomic E-state index is 0.790. The van der Waals surface area contributed by atoms with Crippen molar-refractivity contribution in [3.63, 3.8) is 0 Å². The normalized spacial score (nSPS) is 15.0. The second-order valence-corrected chi connectivity index (χ2v) is 6.77. The predicted octanol–water partition coefficient (Wildman–Crippen LogP) is 3.68. The van der Waals surface area contributed by atoms with Gasteiger partial charge >= 0.3 is 0 Å². The Balaban J connectivity index is 1.79. The zero-order chi connectivity index (χ0) is 14.4. The van der Waals surface area contributed by atoms with E-state index in [1.807, 2.05) is 11.8 Å². The first-order chi connectivity index (χ1) is 9.72. The maximum Gasteiger partial charge on any atom is 0.0208 e. The molecule has 0 spiro atoms. The molecule has 112 valence electrons. The van der Waals surface area contributed by atoms with E-state index in [-0.39, 0.29) is 0 Å². The number of benzene rings is 1. The zero-order valence-electron chi connectivity index (χ0n) is 13.1. The number of hydrogen-bond acceptors (Lipinski definition) is 3. The molecule has 0 atom stereocenters. The molecule has 2 rings (SSSR count). The third-order valence-electron chi connectivity index (χ3n) is 3.97. The largest absolute Gasteiger partial charge is 0.310 e. The van der Waals surface area contributed by atoms with Crippen molar-refractivity contribution in [2.75, 3.05) is 25.4 Å². The van der Waals surface area contributed by atoms with E-state index >= 15 is 0 Å². The molecule has 1 aliphatic carbocycles. The van der Waals surface area contributed by atoms with Crippen molar-refractivity contribution in [2.24, 2.45) is 0 Å². The van der Waals surface area contributed by atoms with Crippen LogP contribution in [0.25, 0.3) is 0 Å². The molecule has 20 heavy (non-hydrogen) atoms. The first-order valence-electron chi connectivity index (χ1n) is 7.91. The lowest BCUT2D eigenvalue weighted by Crippen LogP contribution is -2.25. The first kappa shape index (κ1) is 15.9. The van der Waals surface area contributed by atoms with Gasteiger partial charge in [-0.25, -0.2) is 0 Å². The highest BCUT2D eigenvalue weighted by molar-refractivity contribution is 7.99. The Morgan fingerprint density at radius 1 is 1.25 bits per heavy atom. The first-order valence-corrected chi connectivity index (χ1v) is 8.89. The van der Waals surface area contributed by atoms with Gasteiger partial charge in [-0.05, 0) is 50.0 Å². The summed E-state index contributed by atoms with van der Waals surface area (Å²) in [5, 5.41) is 3.58. The lowest BCUT2D eigenvalue weighted by molar-refractivity contribution is 0.324. The molecular formula is C17H28N2S. The van der Waals surface area contributed by atoms with Gasteiger partial charge in [0.25, 0.3) is 0 Å². The second-order valence-electron chi connectivity index (χ2n) is 5.63. The summed E-state index contributed by atoms with van der Waals surface area (Å²) >= 11 is 1.99. The molecule has 0 heterocycles. The van der Waals surface area contributed by atoms with Crippen molar-refractivity contribution in [3.05, 3.63) is 29.3 Å². The van der Waals surface area contributed by atoms with Crippen LogP contribution in [-0.2, 0) is 6.54 Å². The number of hydrogen-bond donors (Lipinski definition) is 1. The standard InChI is InChI=1S/C17H28N2S/c1-4-19(5-2)10-11-20-17-9-6-15(12-14(17)3)13-18-16-7-8-16/h6,9,12,16,18H,4-5,7-8,10-11,13H2,1-3H3. The minimum atomic E-state index is 0.790. The molecule has 1 aromatic rings. The van der Waals surface area contributed by atoms with E-state index in [1.54, 1.807) is 0 Å². The van der Waals surface area contributed by atoms with Crippen LogP contribution in [0.3, 0.4) is 0 Å². The summed E-state index contributed by atoms with van der Waals surface area (Å²) in [7, 11) is 0. The van der Waals surface area contributed by atoms with Crippen molar-refractivity contribution in [2.45, 2.75) is 51.1 Å². The van der Waals surface area contributed by atoms with E-state index in [0.717, 1.165) is 25.7 Å². The van der Waals surface area contributed by atoms with Crippen LogP contribution >= 0.6 is 11.8 Å². The van der Waals surface area contributed by atoms with E-state index in [4.69, 9.17) is 0 Å². The molecular weight excluding hydrogens is 264 g/mol. The lowest BCUT2D eigenvalue weighted by atomic mass is 10.1. The van der Waals surface area contributed by atoms with Crippen LogP contribution in [0, 0.1) is 6.92 Å². The van der Waals surface area contributed by atoms with E-state index in [9.17, 15) is 0 Å². The molecule has 1 aromatic carbocycles. The van der Waals surface area contributed by atoms with Crippen molar-refractivity contribution >= 4 is 11.8 Å². The number of aryl methyl sites for hydroxylation is 1. The smallest absolute Gasteiger partial charge is 0.0208 e. The number of nitrogens with one attached hydrogen (secondary N) is 1. The fraction of sp³-hybridized carbons (Fsp3) is 0.647. The van der Waals surface area contributed by atoms with Gasteiger partial charge in [-0.2, -0.15) is 0 Å². The molecule has 0 saturated heterocycles. The van der Waals surface area contributed by atoms with E-state index in [0.29, 0.717) is 0 Å². The van der Waals surface area contributed by atoms with E-state index in [1.165, 1.54) is 41.2 Å². The Hall–Kier alpha value is -0.510. The Bertz CT molecular complexity index is 411. The maximum atomic E-state index is 3.58. The quantitative estimate of drug-likeness (QED) is 0.699. The minimum Gasteiger partial charge on any atom is -0.310 e. The lowest BCUT2D eigenvalue weighted by Gasteiger charge is -2.17. The van der Waals surface area contributed by atoms with Crippen molar-refractivity contribution in [1.29, 1.82) is 0 Å². The molecule has 0 aliphatic heterocycles. The van der Waals surface area contributed by atoms with Gasteiger partial charge in [-0.15, -0.1) is 11.8 Å².